The van der Waals surface area contributed by atoms with Crippen LogP contribution >= 0.6 is 0 Å². The van der Waals surface area contributed by atoms with E-state index in [1.807, 2.05) is 0 Å². The van der Waals surface area contributed by atoms with Gasteiger partial charge in [0.1, 0.15) is 5.75 Å². The minimum atomic E-state index is -0.0779. The topological polar surface area (TPSA) is 61.4 Å². The molecule has 2 atom stereocenters. The molecule has 1 aromatic carbocycles. The second-order valence-electron chi connectivity index (χ2n) is 4.72. The summed E-state index contributed by atoms with van der Waals surface area (Å²) in [6.07, 6.45) is 1.01. The predicted octanol–water partition coefficient (Wildman–Crippen LogP) is 1.12. The third kappa shape index (κ3) is 3.20. The molecule has 1 heterocycles. The van der Waals surface area contributed by atoms with E-state index < -0.39 is 0 Å². The standard InChI is InChI=1S/C13H18N2O2/c1-9-6-11(8-14-7-9)15-13(17)10-2-4-12(16)5-3-10/h2-5,9,11,14,16H,6-8H2,1H3,(H,15,17). The fourth-order valence-corrected chi connectivity index (χ4v) is 2.15. The van der Waals surface area contributed by atoms with Crippen LogP contribution in [-0.4, -0.2) is 30.1 Å². The van der Waals surface area contributed by atoms with Gasteiger partial charge in [-0.1, -0.05) is 6.92 Å². The van der Waals surface area contributed by atoms with Gasteiger partial charge < -0.3 is 15.7 Å². The van der Waals surface area contributed by atoms with Gasteiger partial charge in [-0.05, 0) is 43.1 Å². The van der Waals surface area contributed by atoms with Crippen molar-refractivity contribution < 1.29 is 9.90 Å². The Morgan fingerprint density at radius 3 is 2.71 bits per heavy atom. The summed E-state index contributed by atoms with van der Waals surface area (Å²) >= 11 is 0. The molecule has 0 radical (unpaired) electrons. The van der Waals surface area contributed by atoms with Crippen LogP contribution in [0, 0.1) is 5.92 Å². The quantitative estimate of drug-likeness (QED) is 0.718. The number of nitrogens with one attached hydrogen (secondary N) is 2. The molecule has 0 bridgehead atoms. The summed E-state index contributed by atoms with van der Waals surface area (Å²) in [7, 11) is 0. The van der Waals surface area contributed by atoms with Crippen LogP contribution < -0.4 is 10.6 Å². The Kier molecular flexibility index (Phi) is 3.64. The monoisotopic (exact) mass is 234 g/mol. The highest BCUT2D eigenvalue weighted by molar-refractivity contribution is 5.94. The lowest BCUT2D eigenvalue weighted by atomic mass is 9.97. The van der Waals surface area contributed by atoms with Crippen LogP contribution in [-0.2, 0) is 0 Å². The number of phenols is 1. The van der Waals surface area contributed by atoms with Crippen molar-refractivity contribution in [2.24, 2.45) is 5.92 Å². The van der Waals surface area contributed by atoms with Crippen molar-refractivity contribution in [3.8, 4) is 5.75 Å². The molecule has 3 N–H and O–H groups in total. The minimum absolute atomic E-state index is 0.0779. The van der Waals surface area contributed by atoms with E-state index in [1.165, 1.54) is 12.1 Å². The van der Waals surface area contributed by atoms with Crippen LogP contribution in [0.15, 0.2) is 24.3 Å². The molecule has 1 aliphatic heterocycles. The van der Waals surface area contributed by atoms with Gasteiger partial charge >= 0.3 is 0 Å². The highest BCUT2D eigenvalue weighted by Gasteiger charge is 2.20. The maximum atomic E-state index is 11.9. The van der Waals surface area contributed by atoms with E-state index in [4.69, 9.17) is 5.11 Å². The van der Waals surface area contributed by atoms with Crippen LogP contribution in [0.3, 0.4) is 0 Å². The number of piperidine rings is 1. The molecule has 1 fully saturated rings. The average Bonchev–Trinajstić information content (AvgIpc) is 2.29. The third-order valence-corrected chi connectivity index (χ3v) is 3.04. The van der Waals surface area contributed by atoms with E-state index in [2.05, 4.69) is 17.6 Å². The maximum absolute atomic E-state index is 11.9. The van der Waals surface area contributed by atoms with Crippen LogP contribution in [0.5, 0.6) is 5.75 Å². The smallest absolute Gasteiger partial charge is 0.251 e. The molecular weight excluding hydrogens is 216 g/mol. The Morgan fingerprint density at radius 2 is 2.06 bits per heavy atom. The molecule has 1 aliphatic rings. The Morgan fingerprint density at radius 1 is 1.35 bits per heavy atom. The molecule has 4 nitrogen and oxygen atoms in total. The molecule has 0 saturated carbocycles. The number of amides is 1. The zero-order chi connectivity index (χ0) is 12.3. The summed E-state index contributed by atoms with van der Waals surface area (Å²) in [5.74, 6) is 0.689. The lowest BCUT2D eigenvalue weighted by Gasteiger charge is -2.28. The van der Waals surface area contributed by atoms with Gasteiger partial charge in [-0.3, -0.25) is 4.79 Å². The first-order chi connectivity index (χ1) is 8.15. The number of carbonyl (C=O) groups is 1. The highest BCUT2D eigenvalue weighted by atomic mass is 16.3. The van der Waals surface area contributed by atoms with Gasteiger partial charge in [0, 0.05) is 18.2 Å². The van der Waals surface area contributed by atoms with Crippen LogP contribution in [0.1, 0.15) is 23.7 Å². The molecule has 1 amide bonds. The van der Waals surface area contributed by atoms with Gasteiger partial charge in [0.25, 0.3) is 5.91 Å². The van der Waals surface area contributed by atoms with Gasteiger partial charge in [0.15, 0.2) is 0 Å². The average molecular weight is 234 g/mol. The number of benzene rings is 1. The van der Waals surface area contributed by atoms with E-state index >= 15 is 0 Å². The zero-order valence-corrected chi connectivity index (χ0v) is 9.94. The number of rotatable bonds is 2. The summed E-state index contributed by atoms with van der Waals surface area (Å²) in [5.41, 5.74) is 0.584. The van der Waals surface area contributed by atoms with Gasteiger partial charge in [0.2, 0.25) is 0 Å². The second kappa shape index (κ2) is 5.19. The van der Waals surface area contributed by atoms with Gasteiger partial charge in [0.05, 0.1) is 0 Å². The highest BCUT2D eigenvalue weighted by Crippen LogP contribution is 2.12. The molecular formula is C13H18N2O2. The summed E-state index contributed by atoms with van der Waals surface area (Å²) in [5, 5.41) is 15.5. The third-order valence-electron chi connectivity index (χ3n) is 3.04. The van der Waals surface area contributed by atoms with E-state index in [-0.39, 0.29) is 17.7 Å². The molecule has 0 aliphatic carbocycles. The fraction of sp³-hybridized carbons (Fsp3) is 0.462. The number of hydrogen-bond donors (Lipinski definition) is 3. The van der Waals surface area contributed by atoms with Gasteiger partial charge in [-0.15, -0.1) is 0 Å². The molecule has 4 heteroatoms. The lowest BCUT2D eigenvalue weighted by molar-refractivity contribution is 0.0925. The zero-order valence-electron chi connectivity index (χ0n) is 9.94. The summed E-state index contributed by atoms with van der Waals surface area (Å²) in [6.45, 7) is 4.02. The molecule has 1 aromatic rings. The lowest BCUT2D eigenvalue weighted by Crippen LogP contribution is -2.48. The molecule has 2 unspecified atom stereocenters. The maximum Gasteiger partial charge on any atom is 0.251 e. The number of aromatic hydroxyl groups is 1. The summed E-state index contributed by atoms with van der Waals surface area (Å²) in [6, 6.07) is 6.50. The molecule has 0 spiro atoms. The molecule has 92 valence electrons. The normalized spacial score (nSPS) is 24.3. The number of hydrogen-bond acceptors (Lipinski definition) is 3. The van der Waals surface area contributed by atoms with Gasteiger partial charge in [-0.25, -0.2) is 0 Å². The Balaban J connectivity index is 1.94. The van der Waals surface area contributed by atoms with Crippen molar-refractivity contribution in [3.63, 3.8) is 0 Å². The van der Waals surface area contributed by atoms with E-state index in [0.717, 1.165) is 19.5 Å². The Hall–Kier alpha value is -1.55. The summed E-state index contributed by atoms with van der Waals surface area (Å²) in [4.78, 5) is 11.9. The van der Waals surface area contributed by atoms with Crippen molar-refractivity contribution >= 4 is 5.91 Å². The number of phenolic OH excluding ortho intramolecular Hbond substituents is 1. The van der Waals surface area contributed by atoms with E-state index in [1.54, 1.807) is 12.1 Å². The predicted molar refractivity (Wildman–Crippen MR) is 66.0 cm³/mol. The molecule has 2 rings (SSSR count). The Bertz CT molecular complexity index is 389. The largest absolute Gasteiger partial charge is 0.508 e. The van der Waals surface area contributed by atoms with Crippen molar-refractivity contribution in [2.75, 3.05) is 13.1 Å². The first-order valence-corrected chi connectivity index (χ1v) is 5.96. The SMILES string of the molecule is CC1CNCC(NC(=O)c2ccc(O)cc2)C1. The second-order valence-corrected chi connectivity index (χ2v) is 4.72. The Labute approximate surface area is 101 Å². The van der Waals surface area contributed by atoms with Crippen LogP contribution in [0.25, 0.3) is 0 Å². The van der Waals surface area contributed by atoms with Gasteiger partial charge in [-0.2, -0.15) is 0 Å². The minimum Gasteiger partial charge on any atom is -0.508 e. The van der Waals surface area contributed by atoms with Crippen molar-refractivity contribution in [1.82, 2.24) is 10.6 Å². The molecule has 1 saturated heterocycles. The van der Waals surface area contributed by atoms with E-state index in [0.29, 0.717) is 11.5 Å². The number of carbonyl (C=O) groups excluding carboxylic acids is 1. The van der Waals surface area contributed by atoms with Crippen LogP contribution in [0.2, 0.25) is 0 Å². The first kappa shape index (κ1) is 11.9. The van der Waals surface area contributed by atoms with Crippen molar-refractivity contribution in [1.29, 1.82) is 0 Å². The molecule has 17 heavy (non-hydrogen) atoms. The fourth-order valence-electron chi connectivity index (χ4n) is 2.15. The summed E-state index contributed by atoms with van der Waals surface area (Å²) < 4.78 is 0. The van der Waals surface area contributed by atoms with Crippen LogP contribution in [0.4, 0.5) is 0 Å². The molecule has 0 aromatic heterocycles. The van der Waals surface area contributed by atoms with E-state index in [9.17, 15) is 4.79 Å². The first-order valence-electron chi connectivity index (χ1n) is 5.96. The van der Waals surface area contributed by atoms with Crippen molar-refractivity contribution in [2.45, 2.75) is 19.4 Å². The van der Waals surface area contributed by atoms with Crippen molar-refractivity contribution in [3.05, 3.63) is 29.8 Å².